The van der Waals surface area contributed by atoms with Crippen molar-refractivity contribution in [2.24, 2.45) is 0 Å². The van der Waals surface area contributed by atoms with Gasteiger partial charge in [0.2, 0.25) is 0 Å². The molecule has 4 heteroatoms. The molecule has 0 radical (unpaired) electrons. The number of aromatic nitrogens is 1. The van der Waals surface area contributed by atoms with Gasteiger partial charge in [0.05, 0.1) is 0 Å². The fraction of sp³-hybridized carbons (Fsp3) is 0.444. The molecule has 74 valence electrons. The molecule has 0 unspecified atom stereocenters. The van der Waals surface area contributed by atoms with Gasteiger partial charge in [0.1, 0.15) is 11.4 Å². The summed E-state index contributed by atoms with van der Waals surface area (Å²) >= 11 is 0. The molecule has 1 aromatic heterocycles. The summed E-state index contributed by atoms with van der Waals surface area (Å²) in [6.07, 6.45) is 0. The number of rotatable bonds is 0. The maximum atomic E-state index is 10.9. The fourth-order valence-corrected chi connectivity index (χ4v) is 0.819. The van der Waals surface area contributed by atoms with Gasteiger partial charge in [-0.1, -0.05) is 13.8 Å². The quantitative estimate of drug-likeness (QED) is 0.568. The molecular formula is C9H16N2O2. The van der Waals surface area contributed by atoms with Crippen LogP contribution in [0.1, 0.15) is 25.1 Å². The Bertz CT molecular complexity index is 342. The third-order valence-electron chi connectivity index (χ3n) is 1.72. The van der Waals surface area contributed by atoms with Crippen molar-refractivity contribution in [2.45, 2.75) is 27.7 Å². The Morgan fingerprint density at radius 1 is 1.31 bits per heavy atom. The molecule has 0 aliphatic heterocycles. The smallest absolute Gasteiger partial charge is 0.275 e. The largest absolute Gasteiger partial charge is 0.505 e. The van der Waals surface area contributed by atoms with Crippen molar-refractivity contribution in [3.8, 4) is 5.75 Å². The van der Waals surface area contributed by atoms with Crippen molar-refractivity contribution < 1.29 is 5.11 Å². The van der Waals surface area contributed by atoms with E-state index in [0.717, 1.165) is 0 Å². The van der Waals surface area contributed by atoms with Crippen LogP contribution in [-0.4, -0.2) is 10.1 Å². The van der Waals surface area contributed by atoms with Gasteiger partial charge in [-0.05, 0) is 13.8 Å². The van der Waals surface area contributed by atoms with Crippen LogP contribution in [-0.2, 0) is 0 Å². The molecule has 0 spiro atoms. The lowest BCUT2D eigenvalue weighted by molar-refractivity contribution is 0.471. The lowest BCUT2D eigenvalue weighted by Crippen LogP contribution is -2.13. The molecule has 0 atom stereocenters. The zero-order valence-electron chi connectivity index (χ0n) is 8.43. The lowest BCUT2D eigenvalue weighted by Gasteiger charge is -2.03. The van der Waals surface area contributed by atoms with Crippen molar-refractivity contribution in [1.29, 1.82) is 0 Å². The van der Waals surface area contributed by atoms with Gasteiger partial charge in [-0.3, -0.25) is 4.79 Å². The Morgan fingerprint density at radius 3 is 2.23 bits per heavy atom. The summed E-state index contributed by atoms with van der Waals surface area (Å²) in [5.41, 5.74) is 5.95. The van der Waals surface area contributed by atoms with Gasteiger partial charge in [-0.25, -0.2) is 0 Å². The number of H-pyrrole nitrogens is 1. The predicted molar refractivity (Wildman–Crippen MR) is 54.0 cm³/mol. The number of aromatic amines is 1. The molecule has 0 fully saturated rings. The van der Waals surface area contributed by atoms with E-state index < -0.39 is 5.56 Å². The van der Waals surface area contributed by atoms with Gasteiger partial charge in [0.15, 0.2) is 0 Å². The maximum Gasteiger partial charge on any atom is 0.275 e. The molecule has 0 saturated heterocycles. The number of nitrogens with one attached hydrogen (secondary N) is 1. The summed E-state index contributed by atoms with van der Waals surface area (Å²) < 4.78 is 0. The fourth-order valence-electron chi connectivity index (χ4n) is 0.819. The molecule has 0 bridgehead atoms. The third-order valence-corrected chi connectivity index (χ3v) is 1.72. The van der Waals surface area contributed by atoms with E-state index in [2.05, 4.69) is 4.98 Å². The van der Waals surface area contributed by atoms with Crippen molar-refractivity contribution in [3.63, 3.8) is 0 Å². The summed E-state index contributed by atoms with van der Waals surface area (Å²) in [5.74, 6) is -0.119. The number of nitrogen functional groups attached to an aromatic ring is 1. The molecule has 0 aliphatic rings. The minimum atomic E-state index is -0.439. The van der Waals surface area contributed by atoms with E-state index in [1.54, 1.807) is 13.8 Å². The monoisotopic (exact) mass is 184 g/mol. The van der Waals surface area contributed by atoms with Crippen molar-refractivity contribution in [3.05, 3.63) is 21.6 Å². The molecule has 1 heterocycles. The van der Waals surface area contributed by atoms with Crippen LogP contribution in [0.5, 0.6) is 5.75 Å². The molecule has 13 heavy (non-hydrogen) atoms. The van der Waals surface area contributed by atoms with E-state index in [0.29, 0.717) is 11.3 Å². The predicted octanol–water partition coefficient (Wildman–Crippen LogP) is 1.31. The van der Waals surface area contributed by atoms with E-state index in [4.69, 9.17) is 5.73 Å². The molecule has 0 aliphatic carbocycles. The first kappa shape index (κ1) is 11.6. The van der Waals surface area contributed by atoms with Gasteiger partial charge in [-0.15, -0.1) is 0 Å². The Labute approximate surface area is 77.4 Å². The second-order valence-electron chi connectivity index (χ2n) is 2.47. The van der Waals surface area contributed by atoms with Crippen LogP contribution >= 0.6 is 0 Å². The summed E-state index contributed by atoms with van der Waals surface area (Å²) in [5, 5.41) is 9.22. The topological polar surface area (TPSA) is 79.1 Å². The zero-order valence-corrected chi connectivity index (χ0v) is 8.43. The van der Waals surface area contributed by atoms with E-state index in [1.165, 1.54) is 0 Å². The van der Waals surface area contributed by atoms with Crippen molar-refractivity contribution in [2.75, 3.05) is 5.73 Å². The average Bonchev–Trinajstić information content (AvgIpc) is 2.15. The Kier molecular flexibility index (Phi) is 4.04. The third kappa shape index (κ3) is 2.24. The highest BCUT2D eigenvalue weighted by Gasteiger charge is 2.07. The Hall–Kier alpha value is -1.45. The van der Waals surface area contributed by atoms with E-state index in [1.807, 2.05) is 13.8 Å². The molecule has 4 N–H and O–H groups in total. The first-order chi connectivity index (χ1) is 6.04. The van der Waals surface area contributed by atoms with Crippen LogP contribution in [0.4, 0.5) is 5.69 Å². The summed E-state index contributed by atoms with van der Waals surface area (Å²) in [7, 11) is 0. The lowest BCUT2D eigenvalue weighted by atomic mass is 10.2. The highest BCUT2D eigenvalue weighted by molar-refractivity contribution is 5.54. The number of aryl methyl sites for hydroxylation is 1. The van der Waals surface area contributed by atoms with Crippen LogP contribution in [0, 0.1) is 13.8 Å². The van der Waals surface area contributed by atoms with Crippen molar-refractivity contribution in [1.82, 2.24) is 4.98 Å². The minimum Gasteiger partial charge on any atom is -0.505 e. The van der Waals surface area contributed by atoms with Crippen LogP contribution in [0.15, 0.2) is 4.79 Å². The number of pyridine rings is 1. The number of anilines is 1. The first-order valence-electron chi connectivity index (χ1n) is 4.22. The van der Waals surface area contributed by atoms with Crippen molar-refractivity contribution >= 4 is 5.69 Å². The van der Waals surface area contributed by atoms with Crippen LogP contribution in [0.3, 0.4) is 0 Å². The Morgan fingerprint density at radius 2 is 1.77 bits per heavy atom. The first-order valence-corrected chi connectivity index (χ1v) is 4.22. The molecule has 0 saturated carbocycles. The Balaban J connectivity index is 0.000000671. The maximum absolute atomic E-state index is 10.9. The number of nitrogens with two attached hydrogens (primary N) is 1. The van der Waals surface area contributed by atoms with E-state index in [9.17, 15) is 9.90 Å². The standard InChI is InChI=1S/C7H10N2O2.C2H6/c1-3-4(2)9-7(11)5(8)6(3)10;1-2/h8H2,1-2H3,(H2,9,10,11);1-2H3. The second kappa shape index (κ2) is 4.54. The molecule has 1 rings (SSSR count). The van der Waals surface area contributed by atoms with E-state index in [-0.39, 0.29) is 11.4 Å². The second-order valence-corrected chi connectivity index (χ2v) is 2.47. The van der Waals surface area contributed by atoms with Gasteiger partial charge in [0, 0.05) is 11.3 Å². The number of hydrogen-bond acceptors (Lipinski definition) is 3. The normalized spacial score (nSPS) is 8.92. The summed E-state index contributed by atoms with van der Waals surface area (Å²) in [6, 6.07) is 0. The van der Waals surface area contributed by atoms with E-state index >= 15 is 0 Å². The molecular weight excluding hydrogens is 168 g/mol. The number of hydrogen-bond donors (Lipinski definition) is 3. The molecule has 1 aromatic rings. The van der Waals surface area contributed by atoms with Crippen LogP contribution in [0.25, 0.3) is 0 Å². The van der Waals surface area contributed by atoms with Gasteiger partial charge in [-0.2, -0.15) is 0 Å². The van der Waals surface area contributed by atoms with Crippen LogP contribution in [0.2, 0.25) is 0 Å². The average molecular weight is 184 g/mol. The summed E-state index contributed by atoms with van der Waals surface area (Å²) in [4.78, 5) is 13.4. The zero-order chi connectivity index (χ0) is 10.6. The van der Waals surface area contributed by atoms with Crippen LogP contribution < -0.4 is 11.3 Å². The minimum absolute atomic E-state index is 0.117. The number of aromatic hydroxyl groups is 1. The highest BCUT2D eigenvalue weighted by atomic mass is 16.3. The summed E-state index contributed by atoms with van der Waals surface area (Å²) in [6.45, 7) is 7.40. The SMILES string of the molecule is CC.Cc1[nH]c(=O)c(N)c(O)c1C. The van der Waals surface area contributed by atoms with Gasteiger partial charge in [0.25, 0.3) is 5.56 Å². The molecule has 4 nitrogen and oxygen atoms in total. The van der Waals surface area contributed by atoms with Gasteiger partial charge < -0.3 is 15.8 Å². The van der Waals surface area contributed by atoms with Gasteiger partial charge >= 0.3 is 0 Å². The molecule has 0 aromatic carbocycles. The highest BCUT2D eigenvalue weighted by Crippen LogP contribution is 2.21. The molecule has 0 amide bonds.